The molecular formula is C27H32N8O. The van der Waals surface area contributed by atoms with E-state index >= 15 is 0 Å². The van der Waals surface area contributed by atoms with Crippen molar-refractivity contribution in [3.63, 3.8) is 0 Å². The molecule has 0 amide bonds. The Labute approximate surface area is 210 Å². The van der Waals surface area contributed by atoms with Gasteiger partial charge >= 0.3 is 0 Å². The Morgan fingerprint density at radius 1 is 1.11 bits per heavy atom. The Morgan fingerprint density at radius 2 is 1.97 bits per heavy atom. The van der Waals surface area contributed by atoms with Crippen LogP contribution in [0.2, 0.25) is 0 Å². The number of rotatable bonds is 8. The number of aromatic nitrogens is 5. The second kappa shape index (κ2) is 9.48. The molecule has 0 saturated heterocycles. The fourth-order valence-corrected chi connectivity index (χ4v) is 4.96. The Bertz CT molecular complexity index is 1460. The van der Waals surface area contributed by atoms with E-state index in [4.69, 9.17) is 9.97 Å². The largest absolute Gasteiger partial charge is 0.324 e. The number of hydrogen-bond donors (Lipinski definition) is 2. The van der Waals surface area contributed by atoms with Gasteiger partial charge in [0, 0.05) is 25.0 Å². The van der Waals surface area contributed by atoms with Gasteiger partial charge in [-0.2, -0.15) is 4.98 Å². The first kappa shape index (κ1) is 22.9. The molecule has 1 saturated carbocycles. The summed E-state index contributed by atoms with van der Waals surface area (Å²) in [5, 5.41) is 7.28. The number of benzene rings is 1. The molecule has 0 bridgehead atoms. The van der Waals surface area contributed by atoms with E-state index in [9.17, 15) is 4.79 Å². The predicted octanol–water partition coefficient (Wildman–Crippen LogP) is 3.54. The Hall–Kier alpha value is -3.56. The lowest BCUT2D eigenvalue weighted by molar-refractivity contribution is 0.292. The quantitative estimate of drug-likeness (QED) is 0.395. The molecule has 186 valence electrons. The van der Waals surface area contributed by atoms with Crippen LogP contribution in [0.25, 0.3) is 16.9 Å². The minimum atomic E-state index is -0.0590. The average molecular weight is 485 g/mol. The van der Waals surface area contributed by atoms with Gasteiger partial charge in [0.1, 0.15) is 5.39 Å². The van der Waals surface area contributed by atoms with Crippen molar-refractivity contribution in [1.29, 1.82) is 0 Å². The van der Waals surface area contributed by atoms with Crippen molar-refractivity contribution in [2.24, 2.45) is 0 Å². The highest BCUT2D eigenvalue weighted by atomic mass is 16.1. The highest BCUT2D eigenvalue weighted by Gasteiger charge is 2.31. The predicted molar refractivity (Wildman–Crippen MR) is 141 cm³/mol. The summed E-state index contributed by atoms with van der Waals surface area (Å²) >= 11 is 0. The summed E-state index contributed by atoms with van der Waals surface area (Å²) in [4.78, 5) is 30.0. The third kappa shape index (κ3) is 4.29. The van der Waals surface area contributed by atoms with Gasteiger partial charge in [-0.15, -0.1) is 0 Å². The third-order valence-corrected chi connectivity index (χ3v) is 7.15. The number of hydrogen-bond acceptors (Lipinski definition) is 7. The molecule has 2 N–H and O–H groups in total. The van der Waals surface area contributed by atoms with Gasteiger partial charge in [0.25, 0.3) is 5.56 Å². The van der Waals surface area contributed by atoms with Gasteiger partial charge in [0.05, 0.1) is 11.7 Å². The zero-order chi connectivity index (χ0) is 24.6. The Morgan fingerprint density at radius 3 is 2.78 bits per heavy atom. The molecule has 6 rings (SSSR count). The fraction of sp³-hybridized carbons (Fsp3) is 0.407. The zero-order valence-electron chi connectivity index (χ0n) is 20.9. The van der Waals surface area contributed by atoms with Crippen LogP contribution in [0.4, 0.5) is 11.6 Å². The highest BCUT2D eigenvalue weighted by molar-refractivity contribution is 5.77. The summed E-state index contributed by atoms with van der Waals surface area (Å²) in [5.41, 5.74) is 5.11. The monoisotopic (exact) mass is 484 g/mol. The molecule has 0 radical (unpaired) electrons. The van der Waals surface area contributed by atoms with Gasteiger partial charge in [-0.25, -0.2) is 19.3 Å². The lowest BCUT2D eigenvalue weighted by atomic mass is 10.0. The van der Waals surface area contributed by atoms with Crippen molar-refractivity contribution in [1.82, 2.24) is 34.5 Å². The number of nitrogens with zero attached hydrogens (tertiary/aromatic N) is 6. The maximum atomic E-state index is 13.4. The van der Waals surface area contributed by atoms with E-state index in [0.717, 1.165) is 63.4 Å². The smallest absolute Gasteiger partial charge is 0.278 e. The van der Waals surface area contributed by atoms with Crippen molar-refractivity contribution in [2.75, 3.05) is 25.0 Å². The maximum absolute atomic E-state index is 13.4. The molecule has 1 aromatic carbocycles. The maximum Gasteiger partial charge on any atom is 0.278 e. The second-order valence-electron chi connectivity index (χ2n) is 9.61. The molecule has 0 atom stereocenters. The number of pyridine rings is 1. The summed E-state index contributed by atoms with van der Waals surface area (Å²) in [6.07, 6.45) is 4.62. The van der Waals surface area contributed by atoms with Crippen LogP contribution in [0, 0.1) is 0 Å². The summed E-state index contributed by atoms with van der Waals surface area (Å²) < 4.78 is 3.71. The lowest BCUT2D eigenvalue weighted by Crippen LogP contribution is -2.24. The number of nitrogens with one attached hydrogen (secondary N) is 2. The molecule has 9 heteroatoms. The number of anilines is 2. The van der Waals surface area contributed by atoms with E-state index in [-0.39, 0.29) is 11.6 Å². The summed E-state index contributed by atoms with van der Waals surface area (Å²) in [6.45, 7) is 8.89. The van der Waals surface area contributed by atoms with Crippen LogP contribution in [0.15, 0.2) is 47.4 Å². The molecule has 2 aliphatic rings. The van der Waals surface area contributed by atoms with E-state index in [2.05, 4.69) is 52.6 Å². The summed E-state index contributed by atoms with van der Waals surface area (Å²) in [6, 6.07) is 12.6. The Kier molecular flexibility index (Phi) is 6.02. The van der Waals surface area contributed by atoms with Crippen molar-refractivity contribution < 1.29 is 0 Å². The normalized spacial score (nSPS) is 15.4. The minimum Gasteiger partial charge on any atom is -0.324 e. The van der Waals surface area contributed by atoms with E-state index in [1.165, 1.54) is 11.1 Å². The van der Waals surface area contributed by atoms with Gasteiger partial charge in [-0.1, -0.05) is 26.0 Å². The topological polar surface area (TPSA) is 92.9 Å². The third-order valence-electron chi connectivity index (χ3n) is 7.15. The standard InChI is InChI=1S/C27H32N8O/c1-3-33(4-2)17-21-6-5-7-24(30-21)35-25-23(26(36)34(35)22-10-11-22)16-29-27(32-25)31-20-9-8-19-15-28-13-12-18(19)14-20/h5-9,14,16,22,28H,3-4,10-13,15,17H2,1-2H3,(H,29,31,32). The van der Waals surface area contributed by atoms with Crippen molar-refractivity contribution in [3.8, 4) is 5.82 Å². The van der Waals surface area contributed by atoms with Crippen molar-refractivity contribution in [3.05, 3.63) is 69.8 Å². The molecule has 1 aliphatic heterocycles. The zero-order valence-corrected chi connectivity index (χ0v) is 20.9. The van der Waals surface area contributed by atoms with Gasteiger partial charge in [0.2, 0.25) is 5.95 Å². The molecule has 1 aliphatic carbocycles. The van der Waals surface area contributed by atoms with Crippen molar-refractivity contribution >= 4 is 22.7 Å². The molecular weight excluding hydrogens is 452 g/mol. The molecule has 4 aromatic rings. The molecule has 36 heavy (non-hydrogen) atoms. The van der Waals surface area contributed by atoms with E-state index in [1.54, 1.807) is 6.20 Å². The van der Waals surface area contributed by atoms with Gasteiger partial charge in [-0.05, 0) is 74.3 Å². The molecule has 0 unspecified atom stereocenters. The van der Waals surface area contributed by atoms with Gasteiger partial charge in [0.15, 0.2) is 11.5 Å². The Balaban J connectivity index is 1.41. The summed E-state index contributed by atoms with van der Waals surface area (Å²) in [5.74, 6) is 1.18. The highest BCUT2D eigenvalue weighted by Crippen LogP contribution is 2.35. The SMILES string of the molecule is CCN(CC)Cc1cccc(-n2c3nc(Nc4ccc5c(c4)CCNC5)ncc3c(=O)n2C2CC2)n1. The van der Waals surface area contributed by atoms with Crippen LogP contribution in [0.5, 0.6) is 0 Å². The van der Waals surface area contributed by atoms with Crippen LogP contribution in [-0.4, -0.2) is 48.8 Å². The minimum absolute atomic E-state index is 0.0590. The first-order valence-corrected chi connectivity index (χ1v) is 12.9. The van der Waals surface area contributed by atoms with Crippen LogP contribution in [0.1, 0.15) is 49.6 Å². The second-order valence-corrected chi connectivity index (χ2v) is 9.61. The van der Waals surface area contributed by atoms with Crippen molar-refractivity contribution in [2.45, 2.75) is 52.2 Å². The van der Waals surface area contributed by atoms with E-state index < -0.39 is 0 Å². The van der Waals surface area contributed by atoms with Crippen LogP contribution >= 0.6 is 0 Å². The van der Waals surface area contributed by atoms with Crippen LogP contribution in [-0.2, 0) is 19.5 Å². The first-order chi connectivity index (χ1) is 17.6. The van der Waals surface area contributed by atoms with E-state index in [1.807, 2.05) is 27.6 Å². The molecule has 9 nitrogen and oxygen atoms in total. The molecule has 4 heterocycles. The molecule has 3 aromatic heterocycles. The lowest BCUT2D eigenvalue weighted by Gasteiger charge is -2.18. The van der Waals surface area contributed by atoms with Gasteiger partial charge < -0.3 is 10.6 Å². The van der Waals surface area contributed by atoms with Gasteiger partial charge in [-0.3, -0.25) is 9.69 Å². The average Bonchev–Trinajstić information content (AvgIpc) is 3.71. The number of fused-ring (bicyclic) bond motifs is 2. The molecule has 0 spiro atoms. The molecule has 1 fully saturated rings. The fourth-order valence-electron chi connectivity index (χ4n) is 4.96. The van der Waals surface area contributed by atoms with Crippen LogP contribution < -0.4 is 16.2 Å². The first-order valence-electron chi connectivity index (χ1n) is 12.9. The summed E-state index contributed by atoms with van der Waals surface area (Å²) in [7, 11) is 0. The van der Waals surface area contributed by atoms with Crippen LogP contribution in [0.3, 0.4) is 0 Å². The van der Waals surface area contributed by atoms with E-state index in [0.29, 0.717) is 22.8 Å².